The molecule has 3 aromatic rings. The highest BCUT2D eigenvalue weighted by Gasteiger charge is 2.07. The number of aromatic nitrogens is 3. The largest absolute Gasteiger partial charge is 0.268 e. The predicted octanol–water partition coefficient (Wildman–Crippen LogP) is 3.45. The van der Waals surface area contributed by atoms with Gasteiger partial charge in [0.25, 0.3) is 0 Å². The Bertz CT molecular complexity index is 677. The Labute approximate surface area is 116 Å². The second kappa shape index (κ2) is 5.24. The van der Waals surface area contributed by atoms with Crippen LogP contribution in [-0.2, 0) is 6.54 Å². The molecule has 1 radical (unpaired) electrons. The van der Waals surface area contributed by atoms with Crippen molar-refractivity contribution < 1.29 is 0 Å². The van der Waals surface area contributed by atoms with E-state index in [1.165, 1.54) is 5.56 Å². The van der Waals surface area contributed by atoms with E-state index in [0.29, 0.717) is 5.02 Å². The highest BCUT2D eigenvalue weighted by molar-refractivity contribution is 6.32. The molecular formula is C15H11ClN3. The highest BCUT2D eigenvalue weighted by Crippen LogP contribution is 2.24. The number of benzene rings is 1. The summed E-state index contributed by atoms with van der Waals surface area (Å²) in [4.78, 5) is 4.28. The average Bonchev–Trinajstić information content (AvgIpc) is 2.89. The number of hydrogen-bond donors (Lipinski definition) is 0. The fourth-order valence-corrected chi connectivity index (χ4v) is 2.11. The fraction of sp³-hybridized carbons (Fsp3) is 0.0667. The van der Waals surface area contributed by atoms with E-state index in [1.807, 2.05) is 47.3 Å². The second-order valence-electron chi connectivity index (χ2n) is 4.17. The van der Waals surface area contributed by atoms with Crippen molar-refractivity contribution in [3.8, 4) is 11.3 Å². The van der Waals surface area contributed by atoms with Gasteiger partial charge in [0.1, 0.15) is 0 Å². The first-order chi connectivity index (χ1) is 9.33. The number of rotatable bonds is 3. The molecule has 2 aromatic heterocycles. The van der Waals surface area contributed by atoms with E-state index in [-0.39, 0.29) is 0 Å². The Kier molecular flexibility index (Phi) is 3.29. The third-order valence-electron chi connectivity index (χ3n) is 2.80. The number of halogens is 1. The van der Waals surface area contributed by atoms with Crippen LogP contribution in [0.2, 0.25) is 5.02 Å². The van der Waals surface area contributed by atoms with E-state index in [1.54, 1.807) is 12.4 Å². The minimum atomic E-state index is 0.636. The molecule has 2 heterocycles. The third-order valence-corrected chi connectivity index (χ3v) is 3.10. The van der Waals surface area contributed by atoms with Crippen LogP contribution in [-0.4, -0.2) is 14.8 Å². The molecule has 0 spiro atoms. The summed E-state index contributed by atoms with van der Waals surface area (Å²) in [5, 5.41) is 4.97. The van der Waals surface area contributed by atoms with Gasteiger partial charge in [-0.05, 0) is 23.8 Å². The van der Waals surface area contributed by atoms with E-state index >= 15 is 0 Å². The molecule has 0 saturated heterocycles. The summed E-state index contributed by atoms with van der Waals surface area (Å²) >= 11 is 6.12. The van der Waals surface area contributed by atoms with Crippen molar-refractivity contribution in [2.24, 2.45) is 0 Å². The molecule has 1 aromatic carbocycles. The predicted molar refractivity (Wildman–Crippen MR) is 74.8 cm³/mol. The van der Waals surface area contributed by atoms with Crippen LogP contribution in [0.4, 0.5) is 0 Å². The maximum absolute atomic E-state index is 6.12. The molecule has 3 nitrogen and oxygen atoms in total. The molecule has 0 aliphatic heterocycles. The quantitative estimate of drug-likeness (QED) is 0.728. The van der Waals surface area contributed by atoms with Gasteiger partial charge in [-0.2, -0.15) is 5.10 Å². The molecule has 0 bridgehead atoms. The fourth-order valence-electron chi connectivity index (χ4n) is 1.88. The first-order valence-electron chi connectivity index (χ1n) is 5.91. The summed E-state index contributed by atoms with van der Waals surface area (Å²) in [5.41, 5.74) is 2.87. The van der Waals surface area contributed by atoms with Crippen LogP contribution in [0.3, 0.4) is 0 Å². The molecule has 0 amide bonds. The molecular weight excluding hydrogens is 258 g/mol. The molecule has 0 fully saturated rings. The van der Waals surface area contributed by atoms with Crippen molar-refractivity contribution in [2.45, 2.75) is 6.54 Å². The van der Waals surface area contributed by atoms with Crippen LogP contribution < -0.4 is 0 Å². The van der Waals surface area contributed by atoms with Crippen molar-refractivity contribution in [1.29, 1.82) is 0 Å². The van der Waals surface area contributed by atoms with Gasteiger partial charge < -0.3 is 0 Å². The number of hydrogen-bond acceptors (Lipinski definition) is 2. The van der Waals surface area contributed by atoms with E-state index in [0.717, 1.165) is 17.8 Å². The zero-order chi connectivity index (χ0) is 13.1. The monoisotopic (exact) mass is 268 g/mol. The summed E-state index contributed by atoms with van der Waals surface area (Å²) < 4.78 is 1.87. The average molecular weight is 269 g/mol. The van der Waals surface area contributed by atoms with Gasteiger partial charge in [-0.1, -0.05) is 35.9 Å². The highest BCUT2D eigenvalue weighted by atomic mass is 35.5. The molecule has 0 aliphatic rings. The van der Waals surface area contributed by atoms with Crippen LogP contribution in [0.1, 0.15) is 5.56 Å². The topological polar surface area (TPSA) is 30.7 Å². The summed E-state index contributed by atoms with van der Waals surface area (Å²) in [7, 11) is 0. The van der Waals surface area contributed by atoms with E-state index in [2.05, 4.69) is 16.1 Å². The van der Waals surface area contributed by atoms with Gasteiger partial charge in [0.2, 0.25) is 0 Å². The minimum absolute atomic E-state index is 0.636. The maximum atomic E-state index is 6.12. The number of pyridine rings is 1. The molecule has 0 aliphatic carbocycles. The van der Waals surface area contributed by atoms with Gasteiger partial charge in [-0.3, -0.25) is 9.67 Å². The van der Waals surface area contributed by atoms with Gasteiger partial charge in [0.05, 0.1) is 23.5 Å². The van der Waals surface area contributed by atoms with E-state index < -0.39 is 0 Å². The molecule has 0 unspecified atom stereocenters. The van der Waals surface area contributed by atoms with Gasteiger partial charge in [-0.15, -0.1) is 0 Å². The lowest BCUT2D eigenvalue weighted by molar-refractivity contribution is 0.687. The van der Waals surface area contributed by atoms with Crippen molar-refractivity contribution in [3.63, 3.8) is 0 Å². The third kappa shape index (κ3) is 2.66. The smallest absolute Gasteiger partial charge is 0.0919 e. The first kappa shape index (κ1) is 11.9. The van der Waals surface area contributed by atoms with Crippen LogP contribution in [0.15, 0.2) is 55.0 Å². The zero-order valence-electron chi connectivity index (χ0n) is 10.1. The van der Waals surface area contributed by atoms with Crippen LogP contribution in [0.25, 0.3) is 11.3 Å². The Morgan fingerprint density at radius 1 is 1.21 bits per heavy atom. The molecule has 0 N–H and O–H groups in total. The summed E-state index contributed by atoms with van der Waals surface area (Å²) in [6, 6.07) is 14.5. The zero-order valence-corrected chi connectivity index (χ0v) is 10.9. The lowest BCUT2D eigenvalue weighted by atomic mass is 10.2. The minimum Gasteiger partial charge on any atom is -0.268 e. The number of nitrogens with zero attached hydrogens (tertiary/aromatic N) is 3. The molecule has 93 valence electrons. The normalized spacial score (nSPS) is 10.6. The standard InChI is InChI=1S/C15H11ClN3/c16-14-7-4-8-17-15(14)13-9-18-19(11-13)10-12-5-2-1-3-6-12/h2-9,11H,10H2. The van der Waals surface area contributed by atoms with Gasteiger partial charge >= 0.3 is 0 Å². The Balaban J connectivity index is 1.86. The molecule has 3 rings (SSSR count). The van der Waals surface area contributed by atoms with E-state index in [9.17, 15) is 0 Å². The van der Waals surface area contributed by atoms with Crippen LogP contribution in [0, 0.1) is 6.07 Å². The molecule has 0 saturated carbocycles. The maximum Gasteiger partial charge on any atom is 0.0919 e. The summed E-state index contributed by atoms with van der Waals surface area (Å²) in [5.74, 6) is 0. The molecule has 4 heteroatoms. The Morgan fingerprint density at radius 3 is 2.84 bits per heavy atom. The van der Waals surface area contributed by atoms with Gasteiger partial charge in [0.15, 0.2) is 0 Å². The van der Waals surface area contributed by atoms with Crippen LogP contribution >= 0.6 is 11.6 Å². The Hall–Kier alpha value is -2.13. The summed E-state index contributed by atoms with van der Waals surface area (Å²) in [6.07, 6.45) is 5.46. The van der Waals surface area contributed by atoms with Crippen LogP contribution in [0.5, 0.6) is 0 Å². The van der Waals surface area contributed by atoms with Crippen molar-refractivity contribution in [2.75, 3.05) is 0 Å². The molecule has 0 atom stereocenters. The Morgan fingerprint density at radius 2 is 2.05 bits per heavy atom. The molecule has 19 heavy (non-hydrogen) atoms. The van der Waals surface area contributed by atoms with E-state index in [4.69, 9.17) is 11.6 Å². The van der Waals surface area contributed by atoms with Crippen molar-refractivity contribution in [3.05, 3.63) is 71.6 Å². The van der Waals surface area contributed by atoms with Gasteiger partial charge in [0, 0.05) is 18.0 Å². The SMILES string of the molecule is Clc1cccnc1-c1cnn(Cc2cc[c]cc2)c1. The lowest BCUT2D eigenvalue weighted by Crippen LogP contribution is -1.99. The second-order valence-corrected chi connectivity index (χ2v) is 4.58. The lowest BCUT2D eigenvalue weighted by Gasteiger charge is -2.01. The van der Waals surface area contributed by atoms with Crippen molar-refractivity contribution >= 4 is 11.6 Å². The van der Waals surface area contributed by atoms with Crippen molar-refractivity contribution in [1.82, 2.24) is 14.8 Å². The summed E-state index contributed by atoms with van der Waals surface area (Å²) in [6.45, 7) is 0.721. The van der Waals surface area contributed by atoms with Gasteiger partial charge in [-0.25, -0.2) is 0 Å². The first-order valence-corrected chi connectivity index (χ1v) is 6.29.